The first-order valence-electron chi connectivity index (χ1n) is 10.5. The van der Waals surface area contributed by atoms with Gasteiger partial charge in [0.1, 0.15) is 5.54 Å². The number of aryl methyl sites for hydroxylation is 1. The highest BCUT2D eigenvalue weighted by Gasteiger charge is 2.45. The molecular weight excluding hydrogens is 402 g/mol. The largest absolute Gasteiger partial charge is 0.337 e. The van der Waals surface area contributed by atoms with Crippen molar-refractivity contribution in [3.05, 3.63) is 53.9 Å². The number of amides is 2. The van der Waals surface area contributed by atoms with Crippen molar-refractivity contribution in [2.24, 2.45) is 0 Å². The van der Waals surface area contributed by atoms with E-state index in [1.54, 1.807) is 6.20 Å². The number of aromatic nitrogens is 2. The van der Waals surface area contributed by atoms with Gasteiger partial charge in [0.2, 0.25) is 0 Å². The smallest absolute Gasteiger partial charge is 0.253 e. The maximum Gasteiger partial charge on any atom is 0.253 e. The second-order valence-electron chi connectivity index (χ2n) is 7.87. The second-order valence-corrected chi connectivity index (χ2v) is 7.87. The number of benzene rings is 1. The lowest BCUT2D eigenvalue weighted by molar-refractivity contribution is -0.144. The molecule has 0 spiro atoms. The lowest BCUT2D eigenvalue weighted by Gasteiger charge is -2.43. The summed E-state index contributed by atoms with van der Waals surface area (Å²) in [5.74, 6) is 0.172. The third-order valence-electron chi connectivity index (χ3n) is 6.23. The molecule has 2 amide bonds. The van der Waals surface area contributed by atoms with E-state index in [2.05, 4.69) is 17.3 Å². The van der Waals surface area contributed by atoms with Gasteiger partial charge in [-0.05, 0) is 56.1 Å². The average molecular weight is 432 g/mol. The van der Waals surface area contributed by atoms with Gasteiger partial charge in [0, 0.05) is 44.1 Å². The molecule has 1 aromatic carbocycles. The molecule has 2 fully saturated rings. The van der Waals surface area contributed by atoms with Crippen molar-refractivity contribution >= 4 is 24.2 Å². The maximum atomic E-state index is 13.5. The fourth-order valence-electron chi connectivity index (χ4n) is 4.38. The number of carbonyl (C=O) groups is 2. The summed E-state index contributed by atoms with van der Waals surface area (Å²) in [7, 11) is 0. The van der Waals surface area contributed by atoms with Crippen LogP contribution in [0.5, 0.6) is 0 Å². The second kappa shape index (κ2) is 9.62. The molecule has 162 valence electrons. The Kier molecular flexibility index (Phi) is 7.15. The molecule has 8 heteroatoms. The molecule has 30 heavy (non-hydrogen) atoms. The molecule has 2 saturated heterocycles. The standard InChI is InChI=1S/C22H29N5O2.ClH/c1-2-18-4-6-19(7-5-18)20(28)25-14-16-26(17-15-25)21(29)22(8-11-23-12-9-22)27-13-3-10-24-27;/h3-7,10,13,23H,2,8-9,11-12,14-17H2,1H3;1H. The van der Waals surface area contributed by atoms with E-state index in [4.69, 9.17) is 0 Å². The van der Waals surface area contributed by atoms with Crippen LogP contribution in [0.1, 0.15) is 35.7 Å². The molecule has 0 aliphatic carbocycles. The fraction of sp³-hybridized carbons (Fsp3) is 0.500. The Hall–Kier alpha value is -2.38. The van der Waals surface area contributed by atoms with E-state index in [0.717, 1.165) is 32.4 Å². The zero-order valence-electron chi connectivity index (χ0n) is 17.4. The van der Waals surface area contributed by atoms with Crippen LogP contribution in [0.4, 0.5) is 0 Å². The topological polar surface area (TPSA) is 70.5 Å². The summed E-state index contributed by atoms with van der Waals surface area (Å²) in [4.78, 5) is 30.1. The van der Waals surface area contributed by atoms with Crippen molar-refractivity contribution in [3.63, 3.8) is 0 Å². The molecule has 0 radical (unpaired) electrons. The van der Waals surface area contributed by atoms with Crippen molar-refractivity contribution in [2.45, 2.75) is 31.7 Å². The number of piperidine rings is 1. The summed E-state index contributed by atoms with van der Waals surface area (Å²) in [5.41, 5.74) is 1.33. The molecule has 2 aliphatic rings. The number of nitrogens with zero attached hydrogens (tertiary/aromatic N) is 4. The van der Waals surface area contributed by atoms with Crippen LogP contribution in [0.3, 0.4) is 0 Å². The number of carbonyl (C=O) groups excluding carboxylic acids is 2. The maximum absolute atomic E-state index is 13.5. The van der Waals surface area contributed by atoms with Gasteiger partial charge in [-0.15, -0.1) is 12.4 Å². The van der Waals surface area contributed by atoms with Crippen molar-refractivity contribution in [3.8, 4) is 0 Å². The molecule has 1 N–H and O–H groups in total. The third-order valence-corrected chi connectivity index (χ3v) is 6.23. The van der Waals surface area contributed by atoms with Crippen molar-refractivity contribution in [1.29, 1.82) is 0 Å². The van der Waals surface area contributed by atoms with Crippen molar-refractivity contribution in [2.75, 3.05) is 39.3 Å². The van der Waals surface area contributed by atoms with Crippen LogP contribution in [0.25, 0.3) is 0 Å². The van der Waals surface area contributed by atoms with Crippen molar-refractivity contribution in [1.82, 2.24) is 24.9 Å². The van der Waals surface area contributed by atoms with Crippen molar-refractivity contribution < 1.29 is 9.59 Å². The van der Waals surface area contributed by atoms with Crippen LogP contribution in [-0.2, 0) is 16.8 Å². The molecule has 0 atom stereocenters. The molecule has 2 aliphatic heterocycles. The molecule has 0 saturated carbocycles. The fourth-order valence-corrected chi connectivity index (χ4v) is 4.38. The molecule has 7 nitrogen and oxygen atoms in total. The Morgan fingerprint density at radius 2 is 1.67 bits per heavy atom. The highest BCUT2D eigenvalue weighted by atomic mass is 35.5. The summed E-state index contributed by atoms with van der Waals surface area (Å²) >= 11 is 0. The van der Waals surface area contributed by atoms with Crippen LogP contribution >= 0.6 is 12.4 Å². The summed E-state index contributed by atoms with van der Waals surface area (Å²) in [6, 6.07) is 9.70. The predicted octanol–water partition coefficient (Wildman–Crippen LogP) is 1.93. The van der Waals surface area contributed by atoms with E-state index in [1.807, 2.05) is 51.0 Å². The van der Waals surface area contributed by atoms with Crippen LogP contribution in [0, 0.1) is 0 Å². The van der Waals surface area contributed by atoms with E-state index in [1.165, 1.54) is 5.56 Å². The first-order valence-corrected chi connectivity index (χ1v) is 10.5. The van der Waals surface area contributed by atoms with Crippen LogP contribution in [-0.4, -0.2) is 70.7 Å². The van der Waals surface area contributed by atoms with E-state index in [9.17, 15) is 9.59 Å². The zero-order chi connectivity index (χ0) is 20.3. The molecular formula is C22H30ClN5O2. The van der Waals surface area contributed by atoms with Gasteiger partial charge >= 0.3 is 0 Å². The Balaban J connectivity index is 0.00000256. The van der Waals surface area contributed by atoms with E-state index in [-0.39, 0.29) is 24.2 Å². The van der Waals surface area contributed by atoms with E-state index >= 15 is 0 Å². The summed E-state index contributed by atoms with van der Waals surface area (Å²) in [6.45, 7) is 5.96. The monoisotopic (exact) mass is 431 g/mol. The lowest BCUT2D eigenvalue weighted by atomic mass is 9.86. The van der Waals surface area contributed by atoms with E-state index < -0.39 is 5.54 Å². The van der Waals surface area contributed by atoms with Gasteiger partial charge in [-0.3, -0.25) is 14.3 Å². The number of hydrogen-bond acceptors (Lipinski definition) is 4. The Labute approximate surface area is 183 Å². The van der Waals surface area contributed by atoms with Gasteiger partial charge < -0.3 is 15.1 Å². The van der Waals surface area contributed by atoms with Gasteiger partial charge in [-0.25, -0.2) is 0 Å². The molecule has 4 rings (SSSR count). The van der Waals surface area contributed by atoms with E-state index in [0.29, 0.717) is 31.7 Å². The number of rotatable bonds is 4. The highest BCUT2D eigenvalue weighted by Crippen LogP contribution is 2.30. The number of piperazine rings is 1. The highest BCUT2D eigenvalue weighted by molar-refractivity contribution is 5.94. The quantitative estimate of drug-likeness (QED) is 0.803. The third kappa shape index (κ3) is 4.23. The van der Waals surface area contributed by atoms with Gasteiger partial charge in [-0.1, -0.05) is 19.1 Å². The molecule has 1 aromatic heterocycles. The Bertz CT molecular complexity index is 839. The van der Waals surface area contributed by atoms with Crippen LogP contribution < -0.4 is 5.32 Å². The minimum atomic E-state index is -0.614. The molecule has 2 aromatic rings. The average Bonchev–Trinajstić information content (AvgIpc) is 3.34. The van der Waals surface area contributed by atoms with Crippen LogP contribution in [0.2, 0.25) is 0 Å². The SMILES string of the molecule is CCc1ccc(C(=O)N2CCN(C(=O)C3(n4cccn4)CCNCC3)CC2)cc1.Cl. The molecule has 0 bridgehead atoms. The van der Waals surface area contributed by atoms with Gasteiger partial charge in [0.05, 0.1) is 0 Å². The summed E-state index contributed by atoms with van der Waals surface area (Å²) < 4.78 is 1.84. The van der Waals surface area contributed by atoms with Gasteiger partial charge in [0.15, 0.2) is 0 Å². The first kappa shape index (κ1) is 22.3. The minimum absolute atomic E-state index is 0. The zero-order valence-corrected chi connectivity index (χ0v) is 18.2. The summed E-state index contributed by atoms with van der Waals surface area (Å²) in [6.07, 6.45) is 6.05. The molecule has 0 unspecified atom stereocenters. The minimum Gasteiger partial charge on any atom is -0.337 e. The van der Waals surface area contributed by atoms with Gasteiger partial charge in [0.25, 0.3) is 11.8 Å². The Morgan fingerprint density at radius 3 is 2.23 bits per heavy atom. The number of halogens is 1. The van der Waals surface area contributed by atoms with Gasteiger partial charge in [-0.2, -0.15) is 5.10 Å². The molecule has 3 heterocycles. The first-order chi connectivity index (χ1) is 14.1. The number of hydrogen-bond donors (Lipinski definition) is 1. The lowest BCUT2D eigenvalue weighted by Crippen LogP contribution is -2.59. The Morgan fingerprint density at radius 1 is 1.03 bits per heavy atom. The summed E-state index contributed by atoms with van der Waals surface area (Å²) in [5, 5.41) is 7.74. The normalized spacial score (nSPS) is 18.6. The number of nitrogens with one attached hydrogen (secondary N) is 1. The van der Waals surface area contributed by atoms with Crippen LogP contribution in [0.15, 0.2) is 42.7 Å². The predicted molar refractivity (Wildman–Crippen MR) is 118 cm³/mol.